The van der Waals surface area contributed by atoms with E-state index in [9.17, 15) is 0 Å². The van der Waals surface area contributed by atoms with Crippen LogP contribution in [0.25, 0.3) is 66.8 Å². The molecule has 2 nitrogen and oxygen atoms in total. The van der Waals surface area contributed by atoms with Crippen molar-refractivity contribution >= 4 is 34.1 Å². The average molecular weight is 1790 g/mol. The molecule has 694 valence electrons. The first kappa shape index (κ1) is 92.6. The molecule has 5 aliphatic rings. The van der Waals surface area contributed by atoms with Crippen LogP contribution in [0.15, 0.2) is 315 Å². The quantitative estimate of drug-likeness (QED) is 0.0352. The molecule has 137 heavy (non-hydrogen) atoms. The number of hydrogen-bond donors (Lipinski definition) is 0. The fourth-order valence-electron chi connectivity index (χ4n) is 24.7. The Hall–Kier alpha value is -12.1. The molecule has 0 saturated heterocycles. The number of nitrogens with zero attached hydrogens (tertiary/aromatic N) is 2. The minimum Gasteiger partial charge on any atom is -0.311 e. The first-order valence-electron chi connectivity index (χ1n) is 53.8. The van der Waals surface area contributed by atoms with Crippen LogP contribution < -0.4 is 9.80 Å². The van der Waals surface area contributed by atoms with Crippen molar-refractivity contribution in [2.75, 3.05) is 9.80 Å². The van der Waals surface area contributed by atoms with E-state index in [0.29, 0.717) is 0 Å². The summed E-state index contributed by atoms with van der Waals surface area (Å²) in [4.78, 5) is 4.96. The Kier molecular flexibility index (Phi) is 28.2. The predicted molar refractivity (Wildman–Crippen MR) is 586 cm³/mol. The van der Waals surface area contributed by atoms with E-state index in [4.69, 9.17) is 0 Å². The van der Waals surface area contributed by atoms with Crippen molar-refractivity contribution in [3.8, 4) is 66.8 Å². The zero-order chi connectivity index (χ0) is 93.4. The zero-order valence-corrected chi connectivity index (χ0v) is 83.5. The maximum atomic E-state index is 2.73. The first-order valence-corrected chi connectivity index (χ1v) is 53.8. The Bertz CT molecular complexity index is 6570. The molecule has 0 spiro atoms. The Morgan fingerprint density at radius 3 is 0.832 bits per heavy atom. The second kappa shape index (κ2) is 41.7. The molecule has 0 aromatic heterocycles. The van der Waals surface area contributed by atoms with E-state index in [1.807, 2.05) is 0 Å². The lowest BCUT2D eigenvalue weighted by Gasteiger charge is -2.37. The molecule has 0 bridgehead atoms. The van der Waals surface area contributed by atoms with E-state index < -0.39 is 10.8 Å². The van der Waals surface area contributed by atoms with Crippen LogP contribution >= 0.6 is 0 Å². The summed E-state index contributed by atoms with van der Waals surface area (Å²) in [6.45, 7) is 18.5. The zero-order valence-electron chi connectivity index (χ0n) is 83.5. The maximum absolute atomic E-state index is 2.73. The van der Waals surface area contributed by atoms with Crippen molar-refractivity contribution in [2.24, 2.45) is 0 Å². The molecule has 15 aromatic carbocycles. The van der Waals surface area contributed by atoms with Crippen molar-refractivity contribution in [1.29, 1.82) is 0 Å². The number of unbranched alkanes of at least 4 members (excludes halogenated alkanes) is 18. The summed E-state index contributed by atoms with van der Waals surface area (Å²) in [7, 11) is 0. The Balaban J connectivity index is 0.693. The number of rotatable bonds is 43. The van der Waals surface area contributed by atoms with E-state index in [1.54, 1.807) is 0 Å². The highest BCUT2D eigenvalue weighted by atomic mass is 15.2. The van der Waals surface area contributed by atoms with Crippen molar-refractivity contribution in [2.45, 2.75) is 290 Å². The SMILES string of the molecule is CCCCCCCCC1(CCCCCCCC)c2cc(-c3ccc(N(c4ccc(-c5ccc6c(c5)C(c5ccc7c(c5)CC7)(c5ccc7c(c5)CC7)c5cc(C)ccc5-6)cc4)c4ccc(N(c5ccc(CCCC)cc5)c5ccc(CCCC)cc5)cc4)cc3)ccc2-c2ccc(-c3ccc4c(c3)C(c3cccc(CCCCCC)c3)(c3cccc(CCCCCC)c3)c3cc(C)ccc3-4)cc21. The molecular formula is C135H144N2. The van der Waals surface area contributed by atoms with Gasteiger partial charge in [-0.1, -0.05) is 399 Å². The molecule has 0 fully saturated rings. The predicted octanol–water partition coefficient (Wildman–Crippen LogP) is 37.9. The highest BCUT2D eigenvalue weighted by molar-refractivity contribution is 5.94. The van der Waals surface area contributed by atoms with Crippen LogP contribution in [0.1, 0.15) is 320 Å². The molecule has 0 atom stereocenters. The van der Waals surface area contributed by atoms with Crippen LogP contribution in [-0.4, -0.2) is 0 Å². The molecule has 5 aliphatic carbocycles. The molecule has 15 aromatic rings. The van der Waals surface area contributed by atoms with Crippen molar-refractivity contribution < 1.29 is 0 Å². The lowest BCUT2D eigenvalue weighted by atomic mass is 9.65. The van der Waals surface area contributed by atoms with Crippen molar-refractivity contribution in [3.05, 3.63) is 427 Å². The Morgan fingerprint density at radius 1 is 0.204 bits per heavy atom. The van der Waals surface area contributed by atoms with Gasteiger partial charge in [-0.15, -0.1) is 0 Å². The van der Waals surface area contributed by atoms with Crippen LogP contribution in [0.5, 0.6) is 0 Å². The molecule has 2 heteroatoms. The third-order valence-electron chi connectivity index (χ3n) is 32.5. The highest BCUT2D eigenvalue weighted by Crippen LogP contribution is 2.62. The fourth-order valence-corrected chi connectivity index (χ4v) is 24.7. The van der Waals surface area contributed by atoms with Gasteiger partial charge >= 0.3 is 0 Å². The van der Waals surface area contributed by atoms with Gasteiger partial charge in [0.05, 0.1) is 10.8 Å². The minimum atomic E-state index is -0.521. The highest BCUT2D eigenvalue weighted by Gasteiger charge is 2.50. The number of hydrogen-bond acceptors (Lipinski definition) is 2. The van der Waals surface area contributed by atoms with Gasteiger partial charge in [-0.3, -0.25) is 0 Å². The summed E-state index contributed by atoms with van der Waals surface area (Å²) in [5.41, 5.74) is 49.9. The Labute approximate surface area is 821 Å². The van der Waals surface area contributed by atoms with Gasteiger partial charge in [0.25, 0.3) is 0 Å². The molecule has 0 unspecified atom stereocenters. The fraction of sp³-hybridized carbons (Fsp3) is 0.333. The average Bonchev–Trinajstić information content (AvgIpc) is 1.51. The molecule has 0 saturated carbocycles. The van der Waals surface area contributed by atoms with Gasteiger partial charge in [0.15, 0.2) is 0 Å². The minimum absolute atomic E-state index is 0.172. The second-order valence-corrected chi connectivity index (χ2v) is 41.6. The third kappa shape index (κ3) is 18.2. The second-order valence-electron chi connectivity index (χ2n) is 41.6. The van der Waals surface area contributed by atoms with Crippen LogP contribution in [0.4, 0.5) is 34.1 Å². The van der Waals surface area contributed by atoms with Gasteiger partial charge in [0, 0.05) is 39.5 Å². The van der Waals surface area contributed by atoms with Gasteiger partial charge in [-0.05, 0) is 368 Å². The van der Waals surface area contributed by atoms with E-state index >= 15 is 0 Å². The van der Waals surface area contributed by atoms with Gasteiger partial charge in [0.1, 0.15) is 0 Å². The lowest BCUT2D eigenvalue weighted by Crippen LogP contribution is -2.30. The monoisotopic (exact) mass is 1790 g/mol. The van der Waals surface area contributed by atoms with E-state index in [1.165, 1.54) is 332 Å². The lowest BCUT2D eigenvalue weighted by molar-refractivity contribution is 0.398. The smallest absolute Gasteiger partial charge is 0.0714 e. The maximum Gasteiger partial charge on any atom is 0.0714 e. The van der Waals surface area contributed by atoms with E-state index in [0.717, 1.165) is 98.3 Å². The topological polar surface area (TPSA) is 6.48 Å². The van der Waals surface area contributed by atoms with Gasteiger partial charge < -0.3 is 9.80 Å². The molecule has 20 rings (SSSR count). The Morgan fingerprint density at radius 2 is 0.482 bits per heavy atom. The third-order valence-corrected chi connectivity index (χ3v) is 32.5. The first-order chi connectivity index (χ1) is 67.4. The van der Waals surface area contributed by atoms with Crippen LogP contribution in [0.2, 0.25) is 0 Å². The van der Waals surface area contributed by atoms with E-state index in [2.05, 4.69) is 381 Å². The molecular weight excluding hydrogens is 1650 g/mol. The normalized spacial score (nSPS) is 13.9. The van der Waals surface area contributed by atoms with Crippen LogP contribution in [0, 0.1) is 13.8 Å². The number of fused-ring (bicyclic) bond motifs is 11. The molecule has 0 radical (unpaired) electrons. The molecule has 0 aliphatic heterocycles. The standard InChI is InChI=1S/C135H144N2/c1-9-15-21-25-27-31-83-133(84-32-28-26-22-16-10-2)127-91-107(59-79-121(127)122-80-61-109(92-128(122)133)110-62-82-126-123-77-43-95(7)85-129(123)134(132(126)94-110,111-41-33-39-99(87-111)37-29-23-17-11-3)112-42-34-40-100(88-112)38-30-24-18-12-4)103-55-69-117(70-56-103)137(120-75-73-119(74-76-120)136(115-65-45-97(46-66-115)35-19-13-5)116-67-47-98(48-68-116)36-20-14-6)118-71-57-104(58-72-118)108-60-81-125-124-78-44-96(8)86-130(124)135(131(125)93-108,113-63-53-101-49-51-105(101)89-113)114-64-54-102-50-52-106(102)90-114/h33-34,39-48,53-82,85-94H,9-32,35-38,49-52,83-84H2,1-8H3. The van der Waals surface area contributed by atoms with E-state index in [-0.39, 0.29) is 5.41 Å². The largest absolute Gasteiger partial charge is 0.311 e. The summed E-state index contributed by atoms with van der Waals surface area (Å²) in [5.74, 6) is 0. The summed E-state index contributed by atoms with van der Waals surface area (Å²) in [6, 6.07) is 127. The summed E-state index contributed by atoms with van der Waals surface area (Å²) in [5, 5.41) is 0. The molecule has 0 N–H and O–H groups in total. The van der Waals surface area contributed by atoms with Crippen LogP contribution in [-0.2, 0) is 67.6 Å². The summed E-state index contributed by atoms with van der Waals surface area (Å²) >= 11 is 0. The van der Waals surface area contributed by atoms with Gasteiger partial charge in [-0.25, -0.2) is 0 Å². The summed E-state index contributed by atoms with van der Waals surface area (Å²) < 4.78 is 0. The van der Waals surface area contributed by atoms with Gasteiger partial charge in [0.2, 0.25) is 0 Å². The number of aryl methyl sites for hydroxylation is 10. The number of benzene rings is 15. The number of anilines is 6. The van der Waals surface area contributed by atoms with Crippen LogP contribution in [0.3, 0.4) is 0 Å². The van der Waals surface area contributed by atoms with Crippen molar-refractivity contribution in [3.63, 3.8) is 0 Å². The van der Waals surface area contributed by atoms with Crippen molar-refractivity contribution in [1.82, 2.24) is 0 Å². The molecule has 0 amide bonds. The summed E-state index contributed by atoms with van der Waals surface area (Å²) in [6.07, 6.45) is 41.2. The molecule has 0 heterocycles. The van der Waals surface area contributed by atoms with Gasteiger partial charge in [-0.2, -0.15) is 0 Å².